The molecule has 0 aromatic rings. The molecular weight excluding hydrogens is 188 g/mol. The summed E-state index contributed by atoms with van der Waals surface area (Å²) in [5.41, 5.74) is 0.0485. The minimum atomic E-state index is -0.186. The van der Waals surface area contributed by atoms with Gasteiger partial charge in [-0.1, -0.05) is 5.92 Å². The lowest BCUT2D eigenvalue weighted by atomic mass is 9.97. The fourth-order valence-corrected chi connectivity index (χ4v) is 1.84. The maximum Gasteiger partial charge on any atom is 0.237 e. The molecule has 0 radical (unpaired) electrons. The van der Waals surface area contributed by atoms with Crippen LogP contribution in [-0.4, -0.2) is 24.0 Å². The third-order valence-electron chi connectivity index (χ3n) is 2.94. The van der Waals surface area contributed by atoms with Gasteiger partial charge in [0.05, 0.1) is 12.6 Å². The number of amides is 1. The van der Waals surface area contributed by atoms with Gasteiger partial charge in [-0.3, -0.25) is 4.79 Å². The van der Waals surface area contributed by atoms with Crippen LogP contribution in [0.3, 0.4) is 0 Å². The number of carbonyl (C=O) groups is 1. The van der Waals surface area contributed by atoms with Gasteiger partial charge in [0, 0.05) is 5.54 Å². The van der Waals surface area contributed by atoms with Gasteiger partial charge in [0.25, 0.3) is 0 Å². The van der Waals surface area contributed by atoms with Crippen LogP contribution in [0.5, 0.6) is 0 Å². The lowest BCUT2D eigenvalue weighted by Gasteiger charge is -2.29. The Balaban J connectivity index is 2.37. The average molecular weight is 208 g/mol. The molecule has 1 unspecified atom stereocenters. The minimum absolute atomic E-state index is 0.0262. The van der Waals surface area contributed by atoms with Crippen molar-refractivity contribution in [3.8, 4) is 12.3 Å². The van der Waals surface area contributed by atoms with Gasteiger partial charge in [0.15, 0.2) is 0 Å². The molecule has 1 fully saturated rings. The van der Waals surface area contributed by atoms with Crippen molar-refractivity contribution in [3.63, 3.8) is 0 Å². The molecular formula is C12H20N2O. The van der Waals surface area contributed by atoms with E-state index < -0.39 is 0 Å². The lowest BCUT2D eigenvalue weighted by molar-refractivity contribution is -0.123. The van der Waals surface area contributed by atoms with Crippen LogP contribution in [0.25, 0.3) is 0 Å². The zero-order valence-electron chi connectivity index (χ0n) is 9.76. The van der Waals surface area contributed by atoms with Gasteiger partial charge < -0.3 is 10.6 Å². The van der Waals surface area contributed by atoms with Crippen LogP contribution < -0.4 is 10.6 Å². The van der Waals surface area contributed by atoms with Crippen molar-refractivity contribution in [1.82, 2.24) is 10.6 Å². The van der Waals surface area contributed by atoms with E-state index in [1.807, 2.05) is 6.92 Å². The van der Waals surface area contributed by atoms with E-state index in [0.29, 0.717) is 12.5 Å². The molecule has 3 heteroatoms. The first kappa shape index (κ1) is 12.1. The largest absolute Gasteiger partial charge is 0.344 e. The first-order chi connectivity index (χ1) is 6.97. The van der Waals surface area contributed by atoms with Crippen molar-refractivity contribution < 1.29 is 4.79 Å². The van der Waals surface area contributed by atoms with E-state index in [-0.39, 0.29) is 17.5 Å². The van der Waals surface area contributed by atoms with Gasteiger partial charge in [-0.25, -0.2) is 0 Å². The van der Waals surface area contributed by atoms with Gasteiger partial charge in [-0.15, -0.1) is 6.42 Å². The Morgan fingerprint density at radius 1 is 1.60 bits per heavy atom. The van der Waals surface area contributed by atoms with Crippen LogP contribution in [0.2, 0.25) is 0 Å². The number of hydrogen-bond acceptors (Lipinski definition) is 2. The number of nitrogens with one attached hydrogen (secondary N) is 2. The summed E-state index contributed by atoms with van der Waals surface area (Å²) in [5.74, 6) is 3.07. The SMILES string of the molecule is C#CCNC(=O)C(C)NC(C)(C)C1CC1. The average Bonchev–Trinajstić information content (AvgIpc) is 2.96. The maximum absolute atomic E-state index is 11.6. The van der Waals surface area contributed by atoms with Crippen LogP contribution in [0.4, 0.5) is 0 Å². The zero-order chi connectivity index (χ0) is 11.5. The molecule has 1 saturated carbocycles. The number of rotatable bonds is 5. The van der Waals surface area contributed by atoms with E-state index in [9.17, 15) is 4.79 Å². The summed E-state index contributed by atoms with van der Waals surface area (Å²) in [6.07, 6.45) is 7.60. The van der Waals surface area contributed by atoms with Crippen molar-refractivity contribution in [1.29, 1.82) is 0 Å². The molecule has 3 nitrogen and oxygen atoms in total. The predicted molar refractivity (Wildman–Crippen MR) is 61.2 cm³/mol. The second-order valence-corrected chi connectivity index (χ2v) is 4.78. The summed E-state index contributed by atoms with van der Waals surface area (Å²) in [7, 11) is 0. The molecule has 2 N–H and O–H groups in total. The molecule has 0 aromatic heterocycles. The van der Waals surface area contributed by atoms with Crippen molar-refractivity contribution in [2.24, 2.45) is 5.92 Å². The molecule has 15 heavy (non-hydrogen) atoms. The summed E-state index contributed by atoms with van der Waals surface area (Å²) in [6.45, 7) is 6.47. The quantitative estimate of drug-likeness (QED) is 0.659. The Morgan fingerprint density at radius 2 is 2.20 bits per heavy atom. The van der Waals surface area contributed by atoms with Crippen molar-refractivity contribution in [3.05, 3.63) is 0 Å². The Morgan fingerprint density at radius 3 is 2.67 bits per heavy atom. The molecule has 84 valence electrons. The number of hydrogen-bond donors (Lipinski definition) is 2. The monoisotopic (exact) mass is 208 g/mol. The smallest absolute Gasteiger partial charge is 0.237 e. The topological polar surface area (TPSA) is 41.1 Å². The molecule has 1 aliphatic rings. The van der Waals surface area contributed by atoms with Crippen LogP contribution in [0.15, 0.2) is 0 Å². The molecule has 1 atom stereocenters. The predicted octanol–water partition coefficient (Wildman–Crippen LogP) is 0.902. The van der Waals surface area contributed by atoms with E-state index in [1.54, 1.807) is 0 Å². The van der Waals surface area contributed by atoms with E-state index in [1.165, 1.54) is 12.8 Å². The van der Waals surface area contributed by atoms with Crippen LogP contribution in [-0.2, 0) is 4.79 Å². The van der Waals surface area contributed by atoms with E-state index >= 15 is 0 Å². The van der Waals surface area contributed by atoms with Crippen LogP contribution >= 0.6 is 0 Å². The Hall–Kier alpha value is -1.01. The Kier molecular flexibility index (Phi) is 3.76. The molecule has 1 rings (SSSR count). The molecule has 0 saturated heterocycles. The standard InChI is InChI=1S/C12H20N2O/c1-5-8-13-11(15)9(2)14-12(3,4)10-6-7-10/h1,9-10,14H,6-8H2,2-4H3,(H,13,15). The van der Waals surface area contributed by atoms with Gasteiger partial charge in [-0.05, 0) is 39.5 Å². The molecule has 1 aliphatic carbocycles. The molecule has 0 bridgehead atoms. The number of terminal acetylenes is 1. The highest BCUT2D eigenvalue weighted by atomic mass is 16.2. The summed E-state index contributed by atoms with van der Waals surface area (Å²) >= 11 is 0. The third-order valence-corrected chi connectivity index (χ3v) is 2.94. The van der Waals surface area contributed by atoms with Crippen molar-refractivity contribution >= 4 is 5.91 Å². The second-order valence-electron chi connectivity index (χ2n) is 4.78. The maximum atomic E-state index is 11.6. The highest BCUT2D eigenvalue weighted by Crippen LogP contribution is 2.39. The molecule has 0 spiro atoms. The van der Waals surface area contributed by atoms with Crippen molar-refractivity contribution in [2.75, 3.05) is 6.54 Å². The van der Waals surface area contributed by atoms with Gasteiger partial charge in [0.2, 0.25) is 5.91 Å². The van der Waals surface area contributed by atoms with E-state index in [0.717, 1.165) is 0 Å². The molecule has 0 aliphatic heterocycles. The highest BCUT2D eigenvalue weighted by Gasteiger charge is 2.38. The van der Waals surface area contributed by atoms with Gasteiger partial charge >= 0.3 is 0 Å². The first-order valence-corrected chi connectivity index (χ1v) is 5.46. The Labute approximate surface area is 92.0 Å². The fraction of sp³-hybridized carbons (Fsp3) is 0.750. The second kappa shape index (κ2) is 4.67. The summed E-state index contributed by atoms with van der Waals surface area (Å²) in [5, 5.41) is 6.02. The molecule has 0 aromatic carbocycles. The summed E-state index contributed by atoms with van der Waals surface area (Å²) < 4.78 is 0. The van der Waals surface area contributed by atoms with Gasteiger partial charge in [0.1, 0.15) is 0 Å². The van der Waals surface area contributed by atoms with E-state index in [2.05, 4.69) is 30.4 Å². The lowest BCUT2D eigenvalue weighted by Crippen LogP contribution is -2.52. The highest BCUT2D eigenvalue weighted by molar-refractivity contribution is 5.81. The Bertz CT molecular complexity index is 274. The zero-order valence-corrected chi connectivity index (χ0v) is 9.76. The van der Waals surface area contributed by atoms with E-state index in [4.69, 9.17) is 6.42 Å². The minimum Gasteiger partial charge on any atom is -0.344 e. The molecule has 1 amide bonds. The normalized spacial score (nSPS) is 18.0. The van der Waals surface area contributed by atoms with Crippen LogP contribution in [0.1, 0.15) is 33.6 Å². The third kappa shape index (κ3) is 3.56. The van der Waals surface area contributed by atoms with Crippen molar-refractivity contribution in [2.45, 2.75) is 45.2 Å². The fourth-order valence-electron chi connectivity index (χ4n) is 1.84. The number of carbonyl (C=O) groups excluding carboxylic acids is 1. The molecule has 0 heterocycles. The first-order valence-electron chi connectivity index (χ1n) is 5.46. The van der Waals surface area contributed by atoms with Crippen LogP contribution in [0, 0.1) is 18.3 Å². The van der Waals surface area contributed by atoms with Gasteiger partial charge in [-0.2, -0.15) is 0 Å². The summed E-state index contributed by atoms with van der Waals surface area (Å²) in [4.78, 5) is 11.6. The summed E-state index contributed by atoms with van der Waals surface area (Å²) in [6, 6.07) is -0.186.